The molecule has 0 radical (unpaired) electrons. The standard InChI is InChI=1S/C27H26ClN5O3/c1-36-22-11-5-18(6-12-22)16-29-25(35)19-7-9-20(10-8-19)31-26-30-17-27-15-21(34)13-14-33(28)24(27)4-2-3-23(27)32-26/h2-12H,13-17H2,1H3,(H,29,35)(H,30,31). The molecular formula is C27H26ClN5O3. The fourth-order valence-corrected chi connectivity index (χ4v) is 4.90. The number of guanidine groups is 1. The van der Waals surface area contributed by atoms with Gasteiger partial charge in [-0.15, -0.1) is 0 Å². The number of rotatable bonds is 5. The lowest BCUT2D eigenvalue weighted by atomic mass is 9.72. The number of Topliss-reactive ketones (excluding diaryl/α,β-unsaturated/α-hetero) is 1. The smallest absolute Gasteiger partial charge is 0.251 e. The molecule has 0 saturated carbocycles. The van der Waals surface area contributed by atoms with Crippen molar-refractivity contribution < 1.29 is 14.3 Å². The summed E-state index contributed by atoms with van der Waals surface area (Å²) in [4.78, 5) is 34.4. The summed E-state index contributed by atoms with van der Waals surface area (Å²) in [5.74, 6) is 1.22. The fourth-order valence-electron chi connectivity index (χ4n) is 4.59. The van der Waals surface area contributed by atoms with E-state index in [1.165, 1.54) is 0 Å². The summed E-state index contributed by atoms with van der Waals surface area (Å²) < 4.78 is 6.78. The first kappa shape index (κ1) is 23.8. The van der Waals surface area contributed by atoms with Crippen LogP contribution in [0.5, 0.6) is 5.75 Å². The summed E-state index contributed by atoms with van der Waals surface area (Å²) >= 11 is 6.47. The van der Waals surface area contributed by atoms with Gasteiger partial charge in [0.25, 0.3) is 5.91 Å². The van der Waals surface area contributed by atoms with Crippen molar-refractivity contribution >= 4 is 40.8 Å². The molecule has 1 aliphatic carbocycles. The first-order chi connectivity index (χ1) is 17.5. The van der Waals surface area contributed by atoms with E-state index in [-0.39, 0.29) is 11.7 Å². The van der Waals surface area contributed by atoms with Crippen molar-refractivity contribution in [1.82, 2.24) is 9.74 Å². The molecule has 9 heteroatoms. The highest BCUT2D eigenvalue weighted by Gasteiger charge is 2.47. The zero-order chi connectivity index (χ0) is 25.1. The molecule has 1 saturated heterocycles. The molecule has 0 bridgehead atoms. The number of ether oxygens (including phenoxy) is 1. The maximum Gasteiger partial charge on any atom is 0.251 e. The summed E-state index contributed by atoms with van der Waals surface area (Å²) in [6.45, 7) is 1.28. The Hall–Kier alpha value is -3.91. The number of ketones is 1. The Morgan fingerprint density at radius 2 is 1.94 bits per heavy atom. The van der Waals surface area contributed by atoms with Crippen molar-refractivity contribution in [1.29, 1.82) is 0 Å². The van der Waals surface area contributed by atoms with Crippen LogP contribution in [0.25, 0.3) is 0 Å². The zero-order valence-electron chi connectivity index (χ0n) is 19.8. The van der Waals surface area contributed by atoms with Crippen LogP contribution in [0.3, 0.4) is 0 Å². The number of allylic oxidation sites excluding steroid dienone is 3. The Kier molecular flexibility index (Phi) is 6.61. The number of nitrogens with zero attached hydrogens (tertiary/aromatic N) is 3. The molecule has 2 heterocycles. The molecule has 1 spiro atoms. The molecule has 1 atom stereocenters. The predicted molar refractivity (Wildman–Crippen MR) is 140 cm³/mol. The van der Waals surface area contributed by atoms with Gasteiger partial charge in [-0.05, 0) is 54.1 Å². The molecule has 2 aromatic rings. The molecule has 1 fully saturated rings. The molecule has 8 nitrogen and oxygen atoms in total. The van der Waals surface area contributed by atoms with Gasteiger partial charge in [0, 0.05) is 54.7 Å². The van der Waals surface area contributed by atoms with Crippen LogP contribution in [-0.4, -0.2) is 48.0 Å². The van der Waals surface area contributed by atoms with E-state index < -0.39 is 5.41 Å². The zero-order valence-corrected chi connectivity index (χ0v) is 20.6. The van der Waals surface area contributed by atoms with Crippen LogP contribution in [0.4, 0.5) is 5.69 Å². The first-order valence-electron chi connectivity index (χ1n) is 11.7. The van der Waals surface area contributed by atoms with Gasteiger partial charge in [-0.3, -0.25) is 14.0 Å². The second-order valence-corrected chi connectivity index (χ2v) is 9.32. The second kappa shape index (κ2) is 9.99. The third kappa shape index (κ3) is 4.77. The number of anilines is 1. The van der Waals surface area contributed by atoms with E-state index in [0.717, 1.165) is 28.4 Å². The Morgan fingerprint density at radius 3 is 2.69 bits per heavy atom. The van der Waals surface area contributed by atoms with Crippen LogP contribution in [-0.2, 0) is 11.3 Å². The molecule has 2 N–H and O–H groups in total. The Morgan fingerprint density at radius 1 is 1.17 bits per heavy atom. The summed E-state index contributed by atoms with van der Waals surface area (Å²) in [6, 6.07) is 14.7. The van der Waals surface area contributed by atoms with Crippen LogP contribution >= 0.6 is 11.8 Å². The number of halogens is 1. The molecular weight excluding hydrogens is 478 g/mol. The van der Waals surface area contributed by atoms with Gasteiger partial charge in [-0.25, -0.2) is 9.98 Å². The monoisotopic (exact) mass is 503 g/mol. The van der Waals surface area contributed by atoms with Gasteiger partial charge >= 0.3 is 0 Å². The molecule has 0 aromatic heterocycles. The van der Waals surface area contributed by atoms with Crippen LogP contribution in [0.2, 0.25) is 0 Å². The summed E-state index contributed by atoms with van der Waals surface area (Å²) in [5, 5.41) is 6.13. The van der Waals surface area contributed by atoms with Gasteiger partial charge in [0.05, 0.1) is 24.8 Å². The quantitative estimate of drug-likeness (QED) is 0.599. The van der Waals surface area contributed by atoms with Crippen molar-refractivity contribution in [3.63, 3.8) is 0 Å². The van der Waals surface area contributed by atoms with Gasteiger partial charge in [0.1, 0.15) is 11.5 Å². The maximum absolute atomic E-state index is 12.6. The molecule has 2 aliphatic heterocycles. The highest BCUT2D eigenvalue weighted by molar-refractivity contribution is 6.18. The fraction of sp³-hybridized carbons (Fsp3) is 0.259. The average Bonchev–Trinajstić information content (AvgIpc) is 3.03. The second-order valence-electron chi connectivity index (χ2n) is 8.91. The van der Waals surface area contributed by atoms with Crippen molar-refractivity contribution in [3.8, 4) is 5.75 Å². The summed E-state index contributed by atoms with van der Waals surface area (Å²) in [6.07, 6.45) is 6.50. The third-order valence-corrected chi connectivity index (χ3v) is 6.93. The van der Waals surface area contributed by atoms with Gasteiger partial charge in [-0.1, -0.05) is 18.2 Å². The van der Waals surface area contributed by atoms with Gasteiger partial charge in [0.2, 0.25) is 5.96 Å². The first-order valence-corrected chi connectivity index (χ1v) is 12.1. The van der Waals surface area contributed by atoms with E-state index in [9.17, 15) is 9.59 Å². The summed E-state index contributed by atoms with van der Waals surface area (Å²) in [7, 11) is 1.62. The number of methoxy groups -OCH3 is 1. The largest absolute Gasteiger partial charge is 0.497 e. The van der Waals surface area contributed by atoms with E-state index in [4.69, 9.17) is 21.5 Å². The molecule has 184 valence electrons. The SMILES string of the molecule is COc1ccc(CNC(=O)c2ccc(NC3=NCC45CC(=O)CCN(Cl)C4=CC=CC5=N3)cc2)cc1. The number of hydrogen-bond acceptors (Lipinski definition) is 7. The lowest BCUT2D eigenvalue weighted by Crippen LogP contribution is -2.44. The maximum atomic E-state index is 12.6. The topological polar surface area (TPSA) is 95.4 Å². The van der Waals surface area contributed by atoms with Crippen LogP contribution < -0.4 is 15.4 Å². The number of aliphatic imine (C=N–C) groups is 2. The van der Waals surface area contributed by atoms with Crippen LogP contribution in [0.15, 0.2) is 82.4 Å². The minimum Gasteiger partial charge on any atom is -0.497 e. The highest BCUT2D eigenvalue weighted by atomic mass is 35.5. The minimum atomic E-state index is -0.624. The van der Waals surface area contributed by atoms with E-state index in [1.807, 2.05) is 54.6 Å². The normalized spacial score (nSPS) is 20.8. The van der Waals surface area contributed by atoms with E-state index >= 15 is 0 Å². The highest BCUT2D eigenvalue weighted by Crippen LogP contribution is 2.43. The molecule has 36 heavy (non-hydrogen) atoms. The van der Waals surface area contributed by atoms with Crippen LogP contribution in [0.1, 0.15) is 28.8 Å². The van der Waals surface area contributed by atoms with Crippen molar-refractivity contribution in [2.24, 2.45) is 15.4 Å². The summed E-state index contributed by atoms with van der Waals surface area (Å²) in [5.41, 5.74) is 3.30. The van der Waals surface area contributed by atoms with E-state index in [0.29, 0.717) is 44.0 Å². The average molecular weight is 504 g/mol. The van der Waals surface area contributed by atoms with Gasteiger partial charge < -0.3 is 15.4 Å². The molecule has 2 aromatic carbocycles. The molecule has 5 rings (SSSR count). The van der Waals surface area contributed by atoms with Crippen LogP contribution in [0, 0.1) is 5.41 Å². The van der Waals surface area contributed by atoms with E-state index in [1.54, 1.807) is 23.7 Å². The number of benzene rings is 2. The number of hydrogen-bond donors (Lipinski definition) is 2. The number of amides is 1. The number of nitrogens with one attached hydrogen (secondary N) is 2. The number of carbonyl (C=O) groups excluding carboxylic acids is 2. The van der Waals surface area contributed by atoms with Crippen molar-refractivity contribution in [3.05, 3.63) is 83.6 Å². The Bertz CT molecular complexity index is 1300. The lowest BCUT2D eigenvalue weighted by Gasteiger charge is -2.39. The van der Waals surface area contributed by atoms with Crippen molar-refractivity contribution in [2.45, 2.75) is 19.4 Å². The molecule has 1 unspecified atom stereocenters. The van der Waals surface area contributed by atoms with Gasteiger partial charge in [0.15, 0.2) is 0 Å². The lowest BCUT2D eigenvalue weighted by molar-refractivity contribution is -0.119. The van der Waals surface area contributed by atoms with Crippen molar-refractivity contribution in [2.75, 3.05) is 25.5 Å². The minimum absolute atomic E-state index is 0.152. The predicted octanol–water partition coefficient (Wildman–Crippen LogP) is 4.11. The third-order valence-electron chi connectivity index (χ3n) is 6.58. The van der Waals surface area contributed by atoms with E-state index in [2.05, 4.69) is 15.6 Å². The molecule has 3 aliphatic rings. The van der Waals surface area contributed by atoms with Gasteiger partial charge in [-0.2, -0.15) is 0 Å². The Labute approximate surface area is 214 Å². The Balaban J connectivity index is 1.23. The molecule has 1 amide bonds. The number of carbonyl (C=O) groups is 2.